The Morgan fingerprint density at radius 2 is 2.56 bits per heavy atom. The van der Waals surface area contributed by atoms with Crippen LogP contribution in [-0.2, 0) is 9.53 Å². The molecule has 1 atom stereocenters. The van der Waals surface area contributed by atoms with E-state index in [2.05, 4.69) is 11.3 Å². The highest BCUT2D eigenvalue weighted by Gasteiger charge is 2.02. The molecule has 0 radical (unpaired) electrons. The molecular weight excluding hydrogens is 122 g/mol. The van der Waals surface area contributed by atoms with Crippen LogP contribution in [0.4, 0.5) is 0 Å². The predicted molar refractivity (Wildman–Crippen MR) is 31.4 cm³/mol. The minimum atomic E-state index is -0.935. The lowest BCUT2D eigenvalue weighted by molar-refractivity contribution is -0.144. The number of carbonyl (C=O) groups excluding carboxylic acids is 1. The van der Waals surface area contributed by atoms with Crippen LogP contribution in [0, 0.1) is 0 Å². The van der Waals surface area contributed by atoms with Gasteiger partial charge in [-0.25, -0.2) is 4.79 Å². The topological polar surface area (TPSA) is 72.5 Å². The smallest absolute Gasteiger partial charge is 0.331 e. The van der Waals surface area contributed by atoms with E-state index in [4.69, 9.17) is 10.8 Å². The molecule has 0 heterocycles. The highest BCUT2D eigenvalue weighted by molar-refractivity contribution is 5.81. The number of ether oxygens (including phenoxy) is 1. The van der Waals surface area contributed by atoms with Crippen molar-refractivity contribution < 1.29 is 14.6 Å². The molecule has 1 unspecified atom stereocenters. The van der Waals surface area contributed by atoms with E-state index in [1.165, 1.54) is 0 Å². The monoisotopic (exact) mass is 131 g/mol. The van der Waals surface area contributed by atoms with Crippen molar-refractivity contribution in [1.82, 2.24) is 0 Å². The fraction of sp³-hybridized carbons (Fsp3) is 0.400. The van der Waals surface area contributed by atoms with Gasteiger partial charge in [-0.1, -0.05) is 6.58 Å². The van der Waals surface area contributed by atoms with Gasteiger partial charge in [0.25, 0.3) is 0 Å². The van der Waals surface area contributed by atoms with E-state index in [-0.39, 0.29) is 6.61 Å². The van der Waals surface area contributed by atoms with Gasteiger partial charge >= 0.3 is 5.97 Å². The molecule has 4 nitrogen and oxygen atoms in total. The molecule has 0 aromatic rings. The van der Waals surface area contributed by atoms with Crippen molar-refractivity contribution in [2.75, 3.05) is 6.61 Å². The summed E-state index contributed by atoms with van der Waals surface area (Å²) in [6, 6.07) is 0. The van der Waals surface area contributed by atoms with Gasteiger partial charge in [-0.3, -0.25) is 5.73 Å². The minimum absolute atomic E-state index is 0.375. The van der Waals surface area contributed by atoms with E-state index in [0.29, 0.717) is 0 Å². The van der Waals surface area contributed by atoms with Gasteiger partial charge in [0.1, 0.15) is 0 Å². The van der Waals surface area contributed by atoms with E-state index in [1.54, 1.807) is 0 Å². The summed E-state index contributed by atoms with van der Waals surface area (Å²) >= 11 is 0. The largest absolute Gasteiger partial charge is 0.441 e. The molecule has 0 amide bonds. The molecule has 0 aliphatic heterocycles. The third kappa shape index (κ3) is 3.69. The fourth-order valence-corrected chi connectivity index (χ4v) is 0.235. The Kier molecular flexibility index (Phi) is 3.66. The zero-order chi connectivity index (χ0) is 7.28. The average Bonchev–Trinajstić information content (AvgIpc) is 1.87. The van der Waals surface area contributed by atoms with Crippen molar-refractivity contribution in [2.45, 2.75) is 6.23 Å². The van der Waals surface area contributed by atoms with E-state index < -0.39 is 12.2 Å². The fourth-order valence-electron chi connectivity index (χ4n) is 0.235. The summed E-state index contributed by atoms with van der Waals surface area (Å²) in [6.07, 6.45) is 0.0469. The Morgan fingerprint density at radius 1 is 2.00 bits per heavy atom. The van der Waals surface area contributed by atoms with Gasteiger partial charge in [-0.15, -0.1) is 0 Å². The Labute approximate surface area is 52.9 Å². The number of esters is 1. The SMILES string of the molecule is C=CC(=O)OC(N)CO. The molecule has 0 saturated carbocycles. The summed E-state index contributed by atoms with van der Waals surface area (Å²) in [5.41, 5.74) is 5.01. The molecule has 0 aromatic carbocycles. The number of hydrogen-bond donors (Lipinski definition) is 2. The zero-order valence-electron chi connectivity index (χ0n) is 4.91. The van der Waals surface area contributed by atoms with E-state index in [1.807, 2.05) is 0 Å². The Morgan fingerprint density at radius 3 is 2.89 bits per heavy atom. The van der Waals surface area contributed by atoms with Crippen molar-refractivity contribution >= 4 is 5.97 Å². The first kappa shape index (κ1) is 8.13. The standard InChI is InChI=1S/C5H9NO3/c1-2-5(8)9-4(6)3-7/h2,4,7H,1,3,6H2. The van der Waals surface area contributed by atoms with Crippen molar-refractivity contribution in [3.63, 3.8) is 0 Å². The molecule has 0 aliphatic rings. The molecule has 52 valence electrons. The van der Waals surface area contributed by atoms with Gasteiger partial charge in [0.2, 0.25) is 0 Å². The number of nitrogens with two attached hydrogens (primary N) is 1. The van der Waals surface area contributed by atoms with Crippen molar-refractivity contribution in [1.29, 1.82) is 0 Å². The summed E-state index contributed by atoms with van der Waals surface area (Å²) in [7, 11) is 0. The number of aliphatic hydroxyl groups excluding tert-OH is 1. The number of carbonyl (C=O) groups is 1. The van der Waals surface area contributed by atoms with Crippen LogP contribution in [0.3, 0.4) is 0 Å². The Hall–Kier alpha value is -0.870. The second-order valence-corrected chi connectivity index (χ2v) is 1.36. The van der Waals surface area contributed by atoms with Gasteiger partial charge in [0, 0.05) is 6.08 Å². The second-order valence-electron chi connectivity index (χ2n) is 1.36. The highest BCUT2D eigenvalue weighted by atomic mass is 16.6. The molecule has 0 aliphatic carbocycles. The summed E-state index contributed by atoms with van der Waals surface area (Å²) in [5, 5.41) is 8.24. The van der Waals surface area contributed by atoms with Crippen LogP contribution < -0.4 is 5.73 Å². The Bertz CT molecular complexity index is 113. The molecule has 0 spiro atoms. The summed E-state index contributed by atoms with van der Waals surface area (Å²) in [6.45, 7) is 2.76. The van der Waals surface area contributed by atoms with E-state index >= 15 is 0 Å². The normalized spacial score (nSPS) is 12.2. The zero-order valence-corrected chi connectivity index (χ0v) is 4.91. The second kappa shape index (κ2) is 4.05. The van der Waals surface area contributed by atoms with Gasteiger partial charge in [0.15, 0.2) is 6.23 Å². The maximum atomic E-state index is 10.2. The van der Waals surface area contributed by atoms with Crippen molar-refractivity contribution in [3.05, 3.63) is 12.7 Å². The maximum absolute atomic E-state index is 10.2. The van der Waals surface area contributed by atoms with E-state index in [9.17, 15) is 4.79 Å². The van der Waals surface area contributed by atoms with Crippen LogP contribution in [-0.4, -0.2) is 23.9 Å². The molecule has 0 rings (SSSR count). The first-order valence-electron chi connectivity index (χ1n) is 2.40. The molecule has 0 saturated heterocycles. The number of hydrogen-bond acceptors (Lipinski definition) is 4. The number of rotatable bonds is 3. The first-order valence-corrected chi connectivity index (χ1v) is 2.40. The molecule has 0 bridgehead atoms. The quantitative estimate of drug-likeness (QED) is 0.292. The van der Waals surface area contributed by atoms with Gasteiger partial charge in [0.05, 0.1) is 6.61 Å². The van der Waals surface area contributed by atoms with Crippen molar-refractivity contribution in [2.24, 2.45) is 5.73 Å². The van der Waals surface area contributed by atoms with Crippen LogP contribution in [0.1, 0.15) is 0 Å². The van der Waals surface area contributed by atoms with Crippen LogP contribution >= 0.6 is 0 Å². The third-order valence-electron chi connectivity index (χ3n) is 0.614. The average molecular weight is 131 g/mol. The lowest BCUT2D eigenvalue weighted by atomic mass is 10.6. The molecule has 0 aromatic heterocycles. The molecular formula is C5H9NO3. The highest BCUT2D eigenvalue weighted by Crippen LogP contribution is 1.82. The van der Waals surface area contributed by atoms with E-state index in [0.717, 1.165) is 6.08 Å². The van der Waals surface area contributed by atoms with Crippen LogP contribution in [0.2, 0.25) is 0 Å². The van der Waals surface area contributed by atoms with Crippen LogP contribution in [0.15, 0.2) is 12.7 Å². The minimum Gasteiger partial charge on any atom is -0.441 e. The lowest BCUT2D eigenvalue weighted by Gasteiger charge is -2.06. The van der Waals surface area contributed by atoms with Crippen molar-refractivity contribution in [3.8, 4) is 0 Å². The number of aliphatic hydroxyl groups is 1. The first-order chi connectivity index (χ1) is 4.20. The van der Waals surface area contributed by atoms with Gasteiger partial charge in [-0.2, -0.15) is 0 Å². The van der Waals surface area contributed by atoms with Gasteiger partial charge < -0.3 is 9.84 Å². The summed E-state index contributed by atoms with van der Waals surface area (Å²) in [4.78, 5) is 10.2. The third-order valence-corrected chi connectivity index (χ3v) is 0.614. The molecule has 9 heavy (non-hydrogen) atoms. The maximum Gasteiger partial charge on any atom is 0.331 e. The predicted octanol–water partition coefficient (Wildman–Crippen LogP) is -1.01. The summed E-state index contributed by atoms with van der Waals surface area (Å²) in [5.74, 6) is -0.628. The molecule has 0 fully saturated rings. The molecule has 3 N–H and O–H groups in total. The van der Waals surface area contributed by atoms with Gasteiger partial charge in [-0.05, 0) is 0 Å². The lowest BCUT2D eigenvalue weighted by Crippen LogP contribution is -2.29. The summed E-state index contributed by atoms with van der Waals surface area (Å²) < 4.78 is 4.32. The van der Waals surface area contributed by atoms with Crippen LogP contribution in [0.25, 0.3) is 0 Å². The Balaban J connectivity index is 3.46. The van der Waals surface area contributed by atoms with Crippen LogP contribution in [0.5, 0.6) is 0 Å². The molecule has 4 heteroatoms.